The summed E-state index contributed by atoms with van der Waals surface area (Å²) < 4.78 is 14.0. The maximum absolute atomic E-state index is 13.6. The third-order valence-corrected chi connectivity index (χ3v) is 4.75. The molecule has 3 N–H and O–H groups in total. The molecule has 2 rings (SSSR count). The standard InChI is InChI=1S/C15H19BrFNO2/c16-12-8-10(17)7-11(14(12)18)13(15(19)20)9-5-3-1-2-4-6-9/h7-9,13H,1-6,18H2,(H,19,20). The first-order valence-electron chi connectivity index (χ1n) is 6.98. The van der Waals surface area contributed by atoms with Crippen LogP contribution in [-0.4, -0.2) is 11.1 Å². The second-order valence-electron chi connectivity index (χ2n) is 5.46. The maximum Gasteiger partial charge on any atom is 0.311 e. The minimum atomic E-state index is -0.916. The van der Waals surface area contributed by atoms with Crippen molar-refractivity contribution < 1.29 is 14.3 Å². The molecule has 0 radical (unpaired) electrons. The largest absolute Gasteiger partial charge is 0.481 e. The molecular formula is C15H19BrFNO2. The van der Waals surface area contributed by atoms with Crippen molar-refractivity contribution in [1.82, 2.24) is 0 Å². The van der Waals surface area contributed by atoms with Crippen molar-refractivity contribution in [2.75, 3.05) is 5.73 Å². The summed E-state index contributed by atoms with van der Waals surface area (Å²) in [7, 11) is 0. The number of aliphatic carboxylic acids is 1. The van der Waals surface area contributed by atoms with E-state index in [1.165, 1.54) is 12.1 Å². The quantitative estimate of drug-likeness (QED) is 0.634. The van der Waals surface area contributed by atoms with Gasteiger partial charge in [-0.15, -0.1) is 0 Å². The van der Waals surface area contributed by atoms with Crippen molar-refractivity contribution in [2.24, 2.45) is 5.92 Å². The molecule has 0 aliphatic heterocycles. The number of carbonyl (C=O) groups is 1. The lowest BCUT2D eigenvalue weighted by Gasteiger charge is -2.24. The molecule has 5 heteroatoms. The predicted octanol–water partition coefficient (Wildman–Crippen LogP) is 4.31. The molecule has 110 valence electrons. The van der Waals surface area contributed by atoms with Crippen LogP contribution in [0.15, 0.2) is 16.6 Å². The predicted molar refractivity (Wildman–Crippen MR) is 80.1 cm³/mol. The van der Waals surface area contributed by atoms with Crippen LogP contribution in [0, 0.1) is 11.7 Å². The van der Waals surface area contributed by atoms with E-state index in [9.17, 15) is 14.3 Å². The molecule has 1 atom stereocenters. The van der Waals surface area contributed by atoms with Gasteiger partial charge >= 0.3 is 5.97 Å². The summed E-state index contributed by atoms with van der Waals surface area (Å²) in [5, 5.41) is 9.58. The summed E-state index contributed by atoms with van der Waals surface area (Å²) in [6.45, 7) is 0. The molecule has 3 nitrogen and oxygen atoms in total. The van der Waals surface area contributed by atoms with Crippen LogP contribution in [0.4, 0.5) is 10.1 Å². The molecule has 0 spiro atoms. The second kappa shape index (κ2) is 6.57. The summed E-state index contributed by atoms with van der Waals surface area (Å²) in [4.78, 5) is 11.7. The van der Waals surface area contributed by atoms with Gasteiger partial charge in [0.25, 0.3) is 0 Å². The fourth-order valence-electron chi connectivity index (χ4n) is 3.09. The van der Waals surface area contributed by atoms with E-state index < -0.39 is 17.7 Å². The number of benzene rings is 1. The summed E-state index contributed by atoms with van der Waals surface area (Å²) in [5.74, 6) is -2.06. The van der Waals surface area contributed by atoms with Crippen molar-refractivity contribution in [3.8, 4) is 0 Å². The number of nitrogens with two attached hydrogens (primary N) is 1. The zero-order valence-electron chi connectivity index (χ0n) is 11.2. The monoisotopic (exact) mass is 343 g/mol. The van der Waals surface area contributed by atoms with E-state index in [4.69, 9.17) is 5.73 Å². The van der Waals surface area contributed by atoms with Crippen LogP contribution in [0.5, 0.6) is 0 Å². The number of halogens is 2. The van der Waals surface area contributed by atoms with E-state index in [0.29, 0.717) is 15.7 Å². The Balaban J connectivity index is 2.40. The average Bonchev–Trinajstić information content (AvgIpc) is 2.64. The molecule has 1 aliphatic carbocycles. The Kier molecular flexibility index (Phi) is 5.02. The molecule has 0 bridgehead atoms. The van der Waals surface area contributed by atoms with Gasteiger partial charge in [-0.3, -0.25) is 4.79 Å². The van der Waals surface area contributed by atoms with Crippen molar-refractivity contribution in [3.05, 3.63) is 28.0 Å². The fraction of sp³-hybridized carbons (Fsp3) is 0.533. The van der Waals surface area contributed by atoms with Crippen LogP contribution in [0.3, 0.4) is 0 Å². The first-order valence-corrected chi connectivity index (χ1v) is 7.77. The lowest BCUT2D eigenvalue weighted by Crippen LogP contribution is -2.23. The molecule has 1 unspecified atom stereocenters. The topological polar surface area (TPSA) is 63.3 Å². The van der Waals surface area contributed by atoms with Crippen molar-refractivity contribution in [1.29, 1.82) is 0 Å². The van der Waals surface area contributed by atoms with Gasteiger partial charge in [-0.25, -0.2) is 4.39 Å². The number of hydrogen-bond donors (Lipinski definition) is 2. The Labute approximate surface area is 126 Å². The number of nitrogen functional groups attached to an aromatic ring is 1. The average molecular weight is 344 g/mol. The third-order valence-electron chi connectivity index (χ3n) is 4.10. The molecule has 1 aromatic carbocycles. The number of carboxylic acid groups (broad SMARTS) is 1. The Morgan fingerprint density at radius 1 is 1.30 bits per heavy atom. The minimum absolute atomic E-state index is 0.0333. The second-order valence-corrected chi connectivity index (χ2v) is 6.31. The van der Waals surface area contributed by atoms with Gasteiger partial charge in [0, 0.05) is 4.47 Å². The van der Waals surface area contributed by atoms with E-state index in [1.54, 1.807) is 0 Å². The molecule has 1 aromatic rings. The Hall–Kier alpha value is -1.10. The van der Waals surface area contributed by atoms with Gasteiger partial charge in [0.15, 0.2) is 0 Å². The number of carboxylic acids is 1. The Morgan fingerprint density at radius 2 is 1.90 bits per heavy atom. The van der Waals surface area contributed by atoms with Gasteiger partial charge in [0.1, 0.15) is 5.82 Å². The highest BCUT2D eigenvalue weighted by Crippen LogP contribution is 2.39. The maximum atomic E-state index is 13.6. The van der Waals surface area contributed by atoms with Crippen LogP contribution in [-0.2, 0) is 4.79 Å². The Morgan fingerprint density at radius 3 is 2.45 bits per heavy atom. The van der Waals surface area contributed by atoms with E-state index in [1.807, 2.05) is 0 Å². The molecule has 0 heterocycles. The normalized spacial score (nSPS) is 18.5. The zero-order chi connectivity index (χ0) is 14.7. The van der Waals surface area contributed by atoms with Gasteiger partial charge in [-0.05, 0) is 52.4 Å². The number of hydrogen-bond acceptors (Lipinski definition) is 2. The fourth-order valence-corrected chi connectivity index (χ4v) is 3.54. The molecule has 1 saturated carbocycles. The minimum Gasteiger partial charge on any atom is -0.481 e. The van der Waals surface area contributed by atoms with Crippen LogP contribution in [0.1, 0.15) is 50.0 Å². The summed E-state index contributed by atoms with van der Waals surface area (Å²) in [5.41, 5.74) is 6.69. The van der Waals surface area contributed by atoms with Crippen LogP contribution < -0.4 is 5.73 Å². The molecule has 0 saturated heterocycles. The highest BCUT2D eigenvalue weighted by atomic mass is 79.9. The SMILES string of the molecule is Nc1c(Br)cc(F)cc1C(C(=O)O)C1CCCCCC1. The first-order chi connectivity index (χ1) is 9.50. The van der Waals surface area contributed by atoms with Gasteiger partial charge in [0.05, 0.1) is 11.6 Å². The van der Waals surface area contributed by atoms with E-state index in [-0.39, 0.29) is 5.92 Å². The highest BCUT2D eigenvalue weighted by molar-refractivity contribution is 9.10. The summed E-state index contributed by atoms with van der Waals surface area (Å²) in [6, 6.07) is 2.54. The van der Waals surface area contributed by atoms with Crippen LogP contribution in [0.2, 0.25) is 0 Å². The van der Waals surface area contributed by atoms with Crippen molar-refractivity contribution in [2.45, 2.75) is 44.4 Å². The van der Waals surface area contributed by atoms with Gasteiger partial charge in [-0.2, -0.15) is 0 Å². The van der Waals surface area contributed by atoms with Gasteiger partial charge < -0.3 is 10.8 Å². The number of rotatable bonds is 3. The van der Waals surface area contributed by atoms with Crippen molar-refractivity contribution in [3.63, 3.8) is 0 Å². The third kappa shape index (κ3) is 3.32. The molecule has 0 amide bonds. The molecule has 1 aliphatic rings. The lowest BCUT2D eigenvalue weighted by atomic mass is 9.80. The summed E-state index contributed by atoms with van der Waals surface area (Å²) >= 11 is 3.20. The van der Waals surface area contributed by atoms with E-state index >= 15 is 0 Å². The van der Waals surface area contributed by atoms with Crippen molar-refractivity contribution >= 4 is 27.6 Å². The van der Waals surface area contributed by atoms with E-state index in [2.05, 4.69) is 15.9 Å². The Bertz CT molecular complexity index is 499. The number of anilines is 1. The smallest absolute Gasteiger partial charge is 0.311 e. The van der Waals surface area contributed by atoms with Gasteiger partial charge in [-0.1, -0.05) is 25.7 Å². The summed E-state index contributed by atoms with van der Waals surface area (Å²) in [6.07, 6.45) is 6.08. The highest BCUT2D eigenvalue weighted by Gasteiger charge is 2.32. The van der Waals surface area contributed by atoms with Crippen LogP contribution >= 0.6 is 15.9 Å². The lowest BCUT2D eigenvalue weighted by molar-refractivity contribution is -0.140. The molecule has 1 fully saturated rings. The zero-order valence-corrected chi connectivity index (χ0v) is 12.8. The van der Waals surface area contributed by atoms with Crippen LogP contribution in [0.25, 0.3) is 0 Å². The molecular weight excluding hydrogens is 325 g/mol. The first kappa shape index (κ1) is 15.3. The van der Waals surface area contributed by atoms with E-state index in [0.717, 1.165) is 38.5 Å². The molecule has 0 aromatic heterocycles. The van der Waals surface area contributed by atoms with Gasteiger partial charge in [0.2, 0.25) is 0 Å². The molecule has 20 heavy (non-hydrogen) atoms.